The summed E-state index contributed by atoms with van der Waals surface area (Å²) in [6.07, 6.45) is 1.65. The number of nitrogens with zero attached hydrogens (tertiary/aromatic N) is 4. The van der Waals surface area contributed by atoms with E-state index in [4.69, 9.17) is 23.9 Å². The molecule has 9 nitrogen and oxygen atoms in total. The Bertz CT molecular complexity index is 1290. The highest BCUT2D eigenvalue weighted by atomic mass is 35.5. The van der Waals surface area contributed by atoms with Crippen molar-refractivity contribution in [1.29, 1.82) is 0 Å². The summed E-state index contributed by atoms with van der Waals surface area (Å²) >= 11 is 6.01. The second-order valence-corrected chi connectivity index (χ2v) is 8.28. The lowest BCUT2D eigenvalue weighted by molar-refractivity contribution is -0.137. The maximum Gasteiger partial charge on any atom is 0.269 e. The molecule has 0 unspecified atom stereocenters. The zero-order valence-electron chi connectivity index (χ0n) is 17.6. The van der Waals surface area contributed by atoms with Crippen LogP contribution in [0.25, 0.3) is 15.7 Å². The normalized spacial score (nSPS) is 12.8. The monoisotopic (exact) mass is 464 g/mol. The Labute approximate surface area is 194 Å². The van der Waals surface area contributed by atoms with Gasteiger partial charge in [0, 0.05) is 23.0 Å². The molecule has 4 rings (SSSR count). The first-order valence-corrected chi connectivity index (χ1v) is 10.7. The summed E-state index contributed by atoms with van der Waals surface area (Å²) in [7, 11) is 0. The molecule has 33 heavy (non-hydrogen) atoms. The average Bonchev–Trinajstić information content (AvgIpc) is 3.57. The van der Waals surface area contributed by atoms with Gasteiger partial charge >= 0.3 is 0 Å². The van der Waals surface area contributed by atoms with Crippen LogP contribution in [-0.2, 0) is 22.7 Å². The van der Waals surface area contributed by atoms with Crippen molar-refractivity contribution in [3.8, 4) is 0 Å². The molecule has 1 aliphatic carbocycles. The standard InChI is InChI=1S/C23H21ClN6O3/c1-26-16-9-14(8-15(24)10-16)11-27-20(31)12-29(17-6-7-17)21(32)13-30-19-5-3-2-4-18(19)22(28-30)23(25)33/h2-5,8-10,17H,6-7,11-13H2,(H2,25,33)(H,27,31). The number of fused-ring (bicyclic) bond motifs is 1. The number of hydrogen-bond acceptors (Lipinski definition) is 4. The molecule has 0 spiro atoms. The lowest BCUT2D eigenvalue weighted by Crippen LogP contribution is -2.43. The van der Waals surface area contributed by atoms with Gasteiger partial charge in [-0.15, -0.1) is 0 Å². The number of hydrogen-bond donors (Lipinski definition) is 2. The number of amides is 3. The topological polar surface area (TPSA) is 115 Å². The number of carbonyl (C=O) groups excluding carboxylic acids is 3. The minimum atomic E-state index is -0.668. The van der Waals surface area contributed by atoms with Gasteiger partial charge in [-0.1, -0.05) is 35.9 Å². The molecule has 1 fully saturated rings. The number of aromatic nitrogens is 2. The van der Waals surface area contributed by atoms with Crippen LogP contribution in [0.2, 0.25) is 5.02 Å². The number of benzene rings is 2. The smallest absolute Gasteiger partial charge is 0.269 e. The van der Waals surface area contributed by atoms with E-state index in [2.05, 4.69) is 15.3 Å². The summed E-state index contributed by atoms with van der Waals surface area (Å²) in [5.41, 5.74) is 7.25. The van der Waals surface area contributed by atoms with E-state index in [1.54, 1.807) is 42.5 Å². The fraction of sp³-hybridized carbons (Fsp3) is 0.261. The highest BCUT2D eigenvalue weighted by Crippen LogP contribution is 2.27. The van der Waals surface area contributed by atoms with Crippen LogP contribution < -0.4 is 11.1 Å². The number of nitrogens with one attached hydrogen (secondary N) is 1. The summed E-state index contributed by atoms with van der Waals surface area (Å²) in [4.78, 5) is 42.3. The van der Waals surface area contributed by atoms with Crippen LogP contribution in [0.15, 0.2) is 42.5 Å². The van der Waals surface area contributed by atoms with Gasteiger partial charge in [-0.2, -0.15) is 5.10 Å². The predicted molar refractivity (Wildman–Crippen MR) is 123 cm³/mol. The molecule has 0 atom stereocenters. The maximum absolute atomic E-state index is 13.1. The molecule has 3 N–H and O–H groups in total. The minimum absolute atomic E-state index is 0.000532. The first-order valence-electron chi connectivity index (χ1n) is 10.3. The number of nitrogens with two attached hydrogens (primary N) is 1. The van der Waals surface area contributed by atoms with Gasteiger partial charge in [0.2, 0.25) is 11.8 Å². The molecule has 168 valence electrons. The first kappa shape index (κ1) is 22.3. The van der Waals surface area contributed by atoms with E-state index in [1.807, 2.05) is 0 Å². The number of para-hydroxylation sites is 1. The molecular formula is C23H21ClN6O3. The van der Waals surface area contributed by atoms with Gasteiger partial charge in [-0.05, 0) is 36.6 Å². The third-order valence-corrected chi connectivity index (χ3v) is 5.58. The fourth-order valence-electron chi connectivity index (χ4n) is 3.67. The molecule has 0 radical (unpaired) electrons. The third kappa shape index (κ3) is 5.13. The van der Waals surface area contributed by atoms with E-state index in [0.717, 1.165) is 12.8 Å². The Morgan fingerprint density at radius 2 is 2.00 bits per heavy atom. The SMILES string of the molecule is [C-]#[N+]c1cc(Cl)cc(CNC(=O)CN(C(=O)Cn2nc(C(N)=O)c3ccccc32)C2CC2)c1. The molecule has 1 aliphatic rings. The average molecular weight is 465 g/mol. The van der Waals surface area contributed by atoms with Crippen LogP contribution in [0.1, 0.15) is 28.9 Å². The molecule has 3 amide bonds. The van der Waals surface area contributed by atoms with Crippen LogP contribution in [0, 0.1) is 6.57 Å². The molecule has 1 saturated carbocycles. The molecule has 3 aromatic rings. The van der Waals surface area contributed by atoms with Crippen molar-refractivity contribution in [2.24, 2.45) is 5.73 Å². The molecule has 1 heterocycles. The van der Waals surface area contributed by atoms with Gasteiger partial charge < -0.3 is 16.0 Å². The van der Waals surface area contributed by atoms with Crippen LogP contribution in [0.3, 0.4) is 0 Å². The van der Waals surface area contributed by atoms with Gasteiger partial charge in [-0.25, -0.2) is 4.85 Å². The van der Waals surface area contributed by atoms with Crippen LogP contribution in [0.5, 0.6) is 0 Å². The van der Waals surface area contributed by atoms with Gasteiger partial charge in [0.25, 0.3) is 5.91 Å². The van der Waals surface area contributed by atoms with E-state index < -0.39 is 5.91 Å². The quantitative estimate of drug-likeness (QED) is 0.498. The maximum atomic E-state index is 13.1. The van der Waals surface area contributed by atoms with E-state index in [9.17, 15) is 14.4 Å². The largest absolute Gasteiger partial charge is 0.364 e. The summed E-state index contributed by atoms with van der Waals surface area (Å²) in [6.45, 7) is 7.11. The number of halogens is 1. The fourth-order valence-corrected chi connectivity index (χ4v) is 3.92. The van der Waals surface area contributed by atoms with E-state index in [-0.39, 0.29) is 43.2 Å². The van der Waals surface area contributed by atoms with Crippen molar-refractivity contribution in [3.05, 3.63) is 70.2 Å². The zero-order chi connectivity index (χ0) is 23.5. The molecule has 10 heteroatoms. The van der Waals surface area contributed by atoms with Crippen molar-refractivity contribution in [1.82, 2.24) is 20.0 Å². The van der Waals surface area contributed by atoms with Crippen LogP contribution in [0.4, 0.5) is 5.69 Å². The van der Waals surface area contributed by atoms with Crippen molar-refractivity contribution in [2.45, 2.75) is 32.0 Å². The lowest BCUT2D eigenvalue weighted by atomic mass is 10.2. The minimum Gasteiger partial charge on any atom is -0.364 e. The summed E-state index contributed by atoms with van der Waals surface area (Å²) < 4.78 is 1.45. The Balaban J connectivity index is 1.44. The number of rotatable bonds is 8. The van der Waals surface area contributed by atoms with Gasteiger partial charge in [0.05, 0.1) is 18.6 Å². The molecule has 0 aliphatic heterocycles. The van der Waals surface area contributed by atoms with Crippen molar-refractivity contribution in [2.75, 3.05) is 6.54 Å². The van der Waals surface area contributed by atoms with E-state index in [1.165, 1.54) is 9.58 Å². The predicted octanol–water partition coefficient (Wildman–Crippen LogP) is 2.65. The summed E-state index contributed by atoms with van der Waals surface area (Å²) in [5.74, 6) is -1.25. The Morgan fingerprint density at radius 3 is 2.70 bits per heavy atom. The second-order valence-electron chi connectivity index (χ2n) is 7.85. The van der Waals surface area contributed by atoms with Gasteiger partial charge in [0.15, 0.2) is 11.4 Å². The second kappa shape index (κ2) is 9.30. The molecule has 1 aromatic heterocycles. The highest BCUT2D eigenvalue weighted by Gasteiger charge is 2.34. The van der Waals surface area contributed by atoms with Crippen molar-refractivity contribution in [3.63, 3.8) is 0 Å². The highest BCUT2D eigenvalue weighted by molar-refractivity contribution is 6.30. The van der Waals surface area contributed by atoms with Gasteiger partial charge in [-0.3, -0.25) is 19.1 Å². The lowest BCUT2D eigenvalue weighted by Gasteiger charge is -2.22. The third-order valence-electron chi connectivity index (χ3n) is 5.36. The Morgan fingerprint density at radius 1 is 1.24 bits per heavy atom. The Kier molecular flexibility index (Phi) is 6.29. The summed E-state index contributed by atoms with van der Waals surface area (Å²) in [5, 5.41) is 8.01. The number of primary amides is 1. The van der Waals surface area contributed by atoms with Crippen LogP contribution >= 0.6 is 11.6 Å². The zero-order valence-corrected chi connectivity index (χ0v) is 18.4. The summed E-state index contributed by atoms with van der Waals surface area (Å²) in [6, 6.07) is 11.9. The van der Waals surface area contributed by atoms with Crippen LogP contribution in [-0.4, -0.2) is 45.0 Å². The molecule has 0 saturated heterocycles. The van der Waals surface area contributed by atoms with Crippen molar-refractivity contribution < 1.29 is 14.4 Å². The Hall–Kier alpha value is -3.90. The molecule has 2 aromatic carbocycles. The first-order chi connectivity index (χ1) is 15.9. The van der Waals surface area contributed by atoms with Gasteiger partial charge in [0.1, 0.15) is 6.54 Å². The number of carbonyl (C=O) groups is 3. The van der Waals surface area contributed by atoms with Crippen molar-refractivity contribution >= 4 is 45.9 Å². The molecular weight excluding hydrogens is 444 g/mol. The molecule has 0 bridgehead atoms. The van der Waals surface area contributed by atoms with E-state index in [0.29, 0.717) is 27.2 Å². The van der Waals surface area contributed by atoms with E-state index >= 15 is 0 Å².